The third-order valence-corrected chi connectivity index (χ3v) is 4.37. The number of rotatable bonds is 8. The number of carboxylic acid groups (broad SMARTS) is 1. The summed E-state index contributed by atoms with van der Waals surface area (Å²) >= 11 is 0. The van der Waals surface area contributed by atoms with Crippen LogP contribution < -0.4 is 5.32 Å². The largest absolute Gasteiger partial charge is 0.478 e. The molecule has 27 heavy (non-hydrogen) atoms. The predicted octanol–water partition coefficient (Wildman–Crippen LogP) is 1.72. The first kappa shape index (κ1) is 20.7. The molecule has 1 saturated heterocycles. The van der Waals surface area contributed by atoms with E-state index in [0.717, 1.165) is 50.8 Å². The van der Waals surface area contributed by atoms with Crippen LogP contribution in [-0.4, -0.2) is 79.8 Å². The Morgan fingerprint density at radius 1 is 1.30 bits per heavy atom. The number of methoxy groups -OCH3 is 1. The van der Waals surface area contributed by atoms with E-state index in [9.17, 15) is 4.79 Å². The second kappa shape index (κ2) is 11.2. The smallest absolute Gasteiger partial charge is 0.335 e. The molecule has 1 fully saturated rings. The number of hydrogen-bond donors (Lipinski definition) is 2. The fourth-order valence-corrected chi connectivity index (χ4v) is 2.83. The Labute approximate surface area is 160 Å². The van der Waals surface area contributed by atoms with Crippen molar-refractivity contribution in [3.63, 3.8) is 0 Å². The van der Waals surface area contributed by atoms with Gasteiger partial charge in [-0.2, -0.15) is 5.26 Å². The molecule has 0 aliphatic carbocycles. The van der Waals surface area contributed by atoms with Gasteiger partial charge in [0.2, 0.25) is 0 Å². The van der Waals surface area contributed by atoms with Gasteiger partial charge in [-0.1, -0.05) is 0 Å². The molecule has 0 amide bonds. The fourth-order valence-electron chi connectivity index (χ4n) is 2.83. The minimum Gasteiger partial charge on any atom is -0.478 e. The number of ether oxygens (including phenoxy) is 1. The maximum atomic E-state index is 11.0. The summed E-state index contributed by atoms with van der Waals surface area (Å²) in [5.41, 5.74) is 1.06. The lowest BCUT2D eigenvalue weighted by Crippen LogP contribution is -2.50. The number of anilines is 1. The molecule has 0 radical (unpaired) electrons. The monoisotopic (exact) mass is 373 g/mol. The zero-order valence-electron chi connectivity index (χ0n) is 15.7. The van der Waals surface area contributed by atoms with Crippen molar-refractivity contribution < 1.29 is 14.6 Å². The van der Waals surface area contributed by atoms with Gasteiger partial charge in [-0.3, -0.25) is 9.89 Å². The second-order valence-electron chi connectivity index (χ2n) is 6.30. The molecule has 1 aliphatic rings. The number of aliphatic imine (C=N–C) groups is 1. The number of benzene rings is 1. The number of guanidine groups is 1. The summed E-state index contributed by atoms with van der Waals surface area (Å²) < 4.78 is 5.08. The third kappa shape index (κ3) is 6.89. The lowest BCUT2D eigenvalue weighted by Gasteiger charge is -2.36. The van der Waals surface area contributed by atoms with Gasteiger partial charge in [-0.15, -0.1) is 0 Å². The van der Waals surface area contributed by atoms with E-state index >= 15 is 0 Å². The Morgan fingerprint density at radius 3 is 2.59 bits per heavy atom. The van der Waals surface area contributed by atoms with Crippen molar-refractivity contribution >= 4 is 17.6 Å². The van der Waals surface area contributed by atoms with Crippen LogP contribution in [-0.2, 0) is 4.74 Å². The molecule has 2 N–H and O–H groups in total. The SMILES string of the molecule is COCCCN=C(Nc1ccc(C(=O)O)cc1)N1CCN(CCC#N)CC1. The third-order valence-electron chi connectivity index (χ3n) is 4.37. The average Bonchev–Trinajstić information content (AvgIpc) is 2.69. The van der Waals surface area contributed by atoms with Gasteiger partial charge in [0.15, 0.2) is 5.96 Å². The van der Waals surface area contributed by atoms with E-state index in [1.54, 1.807) is 31.4 Å². The zero-order valence-corrected chi connectivity index (χ0v) is 15.7. The van der Waals surface area contributed by atoms with E-state index in [2.05, 4.69) is 26.2 Å². The molecule has 8 nitrogen and oxygen atoms in total. The number of carbonyl (C=O) groups is 1. The van der Waals surface area contributed by atoms with Crippen LogP contribution in [0.15, 0.2) is 29.3 Å². The lowest BCUT2D eigenvalue weighted by molar-refractivity contribution is 0.0697. The van der Waals surface area contributed by atoms with E-state index in [1.807, 2.05) is 0 Å². The molecule has 8 heteroatoms. The van der Waals surface area contributed by atoms with Crippen molar-refractivity contribution in [3.05, 3.63) is 29.8 Å². The van der Waals surface area contributed by atoms with E-state index < -0.39 is 5.97 Å². The summed E-state index contributed by atoms with van der Waals surface area (Å²) in [7, 11) is 1.67. The Kier molecular flexibility index (Phi) is 8.55. The second-order valence-corrected chi connectivity index (χ2v) is 6.30. The van der Waals surface area contributed by atoms with Crippen LogP contribution in [0.2, 0.25) is 0 Å². The maximum Gasteiger partial charge on any atom is 0.335 e. The van der Waals surface area contributed by atoms with Crippen molar-refractivity contribution in [1.82, 2.24) is 9.80 Å². The summed E-state index contributed by atoms with van der Waals surface area (Å²) in [6, 6.07) is 8.84. The predicted molar refractivity (Wildman–Crippen MR) is 104 cm³/mol. The van der Waals surface area contributed by atoms with Crippen LogP contribution in [0.4, 0.5) is 5.69 Å². The molecule has 0 aromatic heterocycles. The Hall–Kier alpha value is -2.63. The quantitative estimate of drug-likeness (QED) is 0.406. The molecule has 146 valence electrons. The van der Waals surface area contributed by atoms with Crippen LogP contribution in [0.3, 0.4) is 0 Å². The Bertz CT molecular complexity index is 661. The highest BCUT2D eigenvalue weighted by Gasteiger charge is 2.19. The van der Waals surface area contributed by atoms with E-state index in [4.69, 9.17) is 15.1 Å². The van der Waals surface area contributed by atoms with Gasteiger partial charge in [0.05, 0.1) is 11.6 Å². The molecule has 1 aromatic rings. The number of nitrogens with one attached hydrogen (secondary N) is 1. The minimum atomic E-state index is -0.941. The summed E-state index contributed by atoms with van der Waals surface area (Å²) in [6.07, 6.45) is 1.38. The average molecular weight is 373 g/mol. The number of hydrogen-bond acceptors (Lipinski definition) is 5. The molecule has 0 bridgehead atoms. The van der Waals surface area contributed by atoms with Crippen LogP contribution in [0, 0.1) is 11.3 Å². The minimum absolute atomic E-state index is 0.255. The topological polar surface area (TPSA) is 101 Å². The van der Waals surface area contributed by atoms with Crippen molar-refractivity contribution in [3.8, 4) is 6.07 Å². The highest BCUT2D eigenvalue weighted by atomic mass is 16.5. The summed E-state index contributed by atoms with van der Waals surface area (Å²) in [5, 5.41) is 21.1. The molecule has 2 rings (SSSR count). The summed E-state index contributed by atoms with van der Waals surface area (Å²) in [6.45, 7) is 5.54. The van der Waals surface area contributed by atoms with Crippen molar-refractivity contribution in [1.29, 1.82) is 5.26 Å². The van der Waals surface area contributed by atoms with E-state index in [-0.39, 0.29) is 5.56 Å². The molecule has 1 aromatic carbocycles. The number of nitriles is 1. The normalized spacial score (nSPS) is 15.4. The molecular weight excluding hydrogens is 346 g/mol. The van der Waals surface area contributed by atoms with Crippen molar-refractivity contribution in [2.24, 2.45) is 4.99 Å². The Balaban J connectivity index is 2.01. The van der Waals surface area contributed by atoms with Crippen LogP contribution in [0.1, 0.15) is 23.2 Å². The zero-order chi connectivity index (χ0) is 19.5. The fraction of sp³-hybridized carbons (Fsp3) is 0.526. The highest BCUT2D eigenvalue weighted by Crippen LogP contribution is 2.12. The molecule has 0 spiro atoms. The molecule has 0 unspecified atom stereocenters. The van der Waals surface area contributed by atoms with Crippen LogP contribution in [0.25, 0.3) is 0 Å². The first-order valence-electron chi connectivity index (χ1n) is 9.12. The lowest BCUT2D eigenvalue weighted by atomic mass is 10.2. The number of carboxylic acids is 1. The molecule has 1 heterocycles. The molecule has 0 saturated carbocycles. The van der Waals surface area contributed by atoms with Gasteiger partial charge in [0, 0.05) is 65.1 Å². The highest BCUT2D eigenvalue weighted by molar-refractivity contribution is 5.94. The van der Waals surface area contributed by atoms with Gasteiger partial charge in [0.1, 0.15) is 0 Å². The standard InChI is InChI=1S/C19H27N5O3/c1-27-15-3-9-21-19(22-17-6-4-16(5-7-17)18(25)26)24-13-11-23(12-14-24)10-2-8-20/h4-7H,2-3,9-15H2,1H3,(H,21,22)(H,25,26). The first-order chi connectivity index (χ1) is 13.1. The van der Waals surface area contributed by atoms with Gasteiger partial charge in [-0.25, -0.2) is 4.79 Å². The summed E-state index contributed by atoms with van der Waals surface area (Å²) in [5.74, 6) is -0.155. The number of piperazine rings is 1. The summed E-state index contributed by atoms with van der Waals surface area (Å²) in [4.78, 5) is 20.2. The van der Waals surface area contributed by atoms with E-state index in [0.29, 0.717) is 19.6 Å². The van der Waals surface area contributed by atoms with Crippen molar-refractivity contribution in [2.45, 2.75) is 12.8 Å². The van der Waals surface area contributed by atoms with Gasteiger partial charge in [0.25, 0.3) is 0 Å². The van der Waals surface area contributed by atoms with Gasteiger partial charge >= 0.3 is 5.97 Å². The molecule has 0 atom stereocenters. The maximum absolute atomic E-state index is 11.0. The van der Waals surface area contributed by atoms with Crippen molar-refractivity contribution in [2.75, 3.05) is 58.3 Å². The molecule has 1 aliphatic heterocycles. The van der Waals surface area contributed by atoms with E-state index in [1.165, 1.54) is 0 Å². The van der Waals surface area contributed by atoms with Gasteiger partial charge < -0.3 is 20.1 Å². The molecular formula is C19H27N5O3. The number of nitrogens with zero attached hydrogens (tertiary/aromatic N) is 4. The number of aromatic carboxylic acids is 1. The Morgan fingerprint density at radius 2 is 2.00 bits per heavy atom. The van der Waals surface area contributed by atoms with Crippen LogP contribution >= 0.6 is 0 Å². The van der Waals surface area contributed by atoms with Crippen LogP contribution in [0.5, 0.6) is 0 Å². The first-order valence-corrected chi connectivity index (χ1v) is 9.12. The van der Waals surface area contributed by atoms with Gasteiger partial charge in [-0.05, 0) is 30.7 Å².